The molecule has 0 bridgehead atoms. The van der Waals surface area contributed by atoms with Gasteiger partial charge in [0.05, 0.1) is 17.4 Å². The highest BCUT2D eigenvalue weighted by Gasteiger charge is 2.19. The quantitative estimate of drug-likeness (QED) is 0.903. The predicted octanol–water partition coefficient (Wildman–Crippen LogP) is 2.80. The van der Waals surface area contributed by atoms with Gasteiger partial charge in [-0.3, -0.25) is 4.68 Å². The first kappa shape index (κ1) is 12.3. The number of aromatic nitrogens is 2. The molecule has 0 fully saturated rings. The molecule has 17 heavy (non-hydrogen) atoms. The Balaban J connectivity index is 2.42. The highest BCUT2D eigenvalue weighted by molar-refractivity contribution is 7.10. The zero-order chi connectivity index (χ0) is 12.4. The van der Waals surface area contributed by atoms with E-state index < -0.39 is 0 Å². The van der Waals surface area contributed by atoms with E-state index in [4.69, 9.17) is 0 Å². The smallest absolute Gasteiger partial charge is 0.0844 e. The van der Waals surface area contributed by atoms with Gasteiger partial charge < -0.3 is 5.32 Å². The van der Waals surface area contributed by atoms with E-state index in [1.807, 2.05) is 18.7 Å². The average Bonchev–Trinajstić information content (AvgIpc) is 2.82. The summed E-state index contributed by atoms with van der Waals surface area (Å²) >= 11 is 1.81. The first-order chi connectivity index (χ1) is 8.13. The maximum absolute atomic E-state index is 4.44. The molecule has 2 aromatic heterocycles. The van der Waals surface area contributed by atoms with Gasteiger partial charge in [-0.25, -0.2) is 0 Å². The summed E-state index contributed by atoms with van der Waals surface area (Å²) < 4.78 is 1.97. The molecule has 4 heteroatoms. The lowest BCUT2D eigenvalue weighted by Gasteiger charge is -2.17. The summed E-state index contributed by atoms with van der Waals surface area (Å²) in [6.45, 7) is 7.29. The topological polar surface area (TPSA) is 29.9 Å². The molecule has 0 amide bonds. The van der Waals surface area contributed by atoms with E-state index in [0.29, 0.717) is 0 Å². The second kappa shape index (κ2) is 5.02. The summed E-state index contributed by atoms with van der Waals surface area (Å²) in [7, 11) is 2.01. The highest BCUT2D eigenvalue weighted by Crippen LogP contribution is 2.29. The molecule has 0 saturated carbocycles. The van der Waals surface area contributed by atoms with Crippen LogP contribution in [0.5, 0.6) is 0 Å². The molecule has 1 N–H and O–H groups in total. The first-order valence-corrected chi connectivity index (χ1v) is 6.79. The van der Waals surface area contributed by atoms with Crippen molar-refractivity contribution in [3.8, 4) is 0 Å². The largest absolute Gasteiger partial charge is 0.305 e. The van der Waals surface area contributed by atoms with Gasteiger partial charge in [-0.1, -0.05) is 6.92 Å². The molecule has 0 aliphatic heterocycles. The van der Waals surface area contributed by atoms with Gasteiger partial charge >= 0.3 is 0 Å². The first-order valence-electron chi connectivity index (χ1n) is 5.91. The number of aryl methyl sites for hydroxylation is 3. The third-order valence-electron chi connectivity index (χ3n) is 2.91. The van der Waals surface area contributed by atoms with E-state index in [9.17, 15) is 0 Å². The zero-order valence-corrected chi connectivity index (χ0v) is 11.6. The fourth-order valence-electron chi connectivity index (χ4n) is 2.12. The molecule has 92 valence electrons. The second-order valence-electron chi connectivity index (χ2n) is 4.29. The van der Waals surface area contributed by atoms with Gasteiger partial charge in [0.25, 0.3) is 0 Å². The molecule has 1 atom stereocenters. The van der Waals surface area contributed by atoms with Crippen LogP contribution in [-0.4, -0.2) is 16.3 Å². The number of nitrogens with one attached hydrogen (secondary N) is 1. The Hall–Kier alpha value is -1.13. The van der Waals surface area contributed by atoms with Crippen LogP contribution in [0.25, 0.3) is 0 Å². The molecule has 2 heterocycles. The van der Waals surface area contributed by atoms with E-state index in [-0.39, 0.29) is 6.04 Å². The van der Waals surface area contributed by atoms with Gasteiger partial charge in [-0.15, -0.1) is 11.3 Å². The number of nitrogens with zero attached hydrogens (tertiary/aromatic N) is 2. The van der Waals surface area contributed by atoms with Crippen LogP contribution in [0.4, 0.5) is 0 Å². The van der Waals surface area contributed by atoms with Crippen molar-refractivity contribution in [2.45, 2.75) is 26.8 Å². The summed E-state index contributed by atoms with van der Waals surface area (Å²) in [5.41, 5.74) is 3.65. The van der Waals surface area contributed by atoms with Crippen molar-refractivity contribution in [2.24, 2.45) is 7.05 Å². The summed E-state index contributed by atoms with van der Waals surface area (Å²) in [5, 5.41) is 10.1. The highest BCUT2D eigenvalue weighted by atomic mass is 32.1. The van der Waals surface area contributed by atoms with Crippen molar-refractivity contribution < 1.29 is 0 Å². The van der Waals surface area contributed by atoms with E-state index in [0.717, 1.165) is 12.2 Å². The van der Waals surface area contributed by atoms with Gasteiger partial charge in [0.2, 0.25) is 0 Å². The van der Waals surface area contributed by atoms with Crippen molar-refractivity contribution in [1.29, 1.82) is 0 Å². The van der Waals surface area contributed by atoms with E-state index in [1.165, 1.54) is 16.1 Å². The Morgan fingerprint density at radius 2 is 2.24 bits per heavy atom. The SMILES string of the molecule is CCNC(c1sccc1C)c1cc(C)nn1C. The molecule has 0 aliphatic rings. The maximum Gasteiger partial charge on any atom is 0.0844 e. The van der Waals surface area contributed by atoms with Crippen molar-refractivity contribution in [3.05, 3.63) is 39.3 Å². The minimum atomic E-state index is 0.256. The monoisotopic (exact) mass is 249 g/mol. The average molecular weight is 249 g/mol. The van der Waals surface area contributed by atoms with E-state index in [1.54, 1.807) is 11.3 Å². The van der Waals surface area contributed by atoms with Crippen LogP contribution >= 0.6 is 11.3 Å². The summed E-state index contributed by atoms with van der Waals surface area (Å²) in [4.78, 5) is 1.38. The lowest BCUT2D eigenvalue weighted by Crippen LogP contribution is -2.24. The Labute approximate surface area is 106 Å². The van der Waals surface area contributed by atoms with Gasteiger partial charge in [-0.2, -0.15) is 5.10 Å². The molecule has 0 spiro atoms. The van der Waals surface area contributed by atoms with Crippen LogP contribution < -0.4 is 5.32 Å². The minimum absolute atomic E-state index is 0.256. The predicted molar refractivity (Wildman–Crippen MR) is 72.5 cm³/mol. The summed E-state index contributed by atoms with van der Waals surface area (Å²) in [6, 6.07) is 4.59. The maximum atomic E-state index is 4.44. The standard InChI is InChI=1S/C13H19N3S/c1-5-14-12(13-9(2)6-7-17-13)11-8-10(3)15-16(11)4/h6-8,12,14H,5H2,1-4H3. The fourth-order valence-corrected chi connectivity index (χ4v) is 3.13. The Morgan fingerprint density at radius 1 is 1.47 bits per heavy atom. The molecule has 0 saturated heterocycles. The minimum Gasteiger partial charge on any atom is -0.305 e. The summed E-state index contributed by atoms with van der Waals surface area (Å²) in [5.74, 6) is 0. The molecule has 0 aromatic carbocycles. The Kier molecular flexibility index (Phi) is 3.64. The van der Waals surface area contributed by atoms with Crippen LogP contribution in [-0.2, 0) is 7.05 Å². The molecule has 3 nitrogen and oxygen atoms in total. The Morgan fingerprint density at radius 3 is 2.71 bits per heavy atom. The molecule has 1 unspecified atom stereocenters. The Bertz CT molecular complexity index is 498. The lowest BCUT2D eigenvalue weighted by atomic mass is 10.1. The number of rotatable bonds is 4. The van der Waals surface area contributed by atoms with Crippen LogP contribution in [0.2, 0.25) is 0 Å². The number of thiophene rings is 1. The molecule has 0 aliphatic carbocycles. The van der Waals surface area contributed by atoms with E-state index >= 15 is 0 Å². The number of hydrogen-bond acceptors (Lipinski definition) is 3. The zero-order valence-electron chi connectivity index (χ0n) is 10.8. The molecule has 0 radical (unpaired) electrons. The van der Waals surface area contributed by atoms with Gasteiger partial charge in [-0.05, 0) is 43.5 Å². The molecule has 2 rings (SSSR count). The molecular weight excluding hydrogens is 230 g/mol. The van der Waals surface area contributed by atoms with Crippen molar-refractivity contribution in [1.82, 2.24) is 15.1 Å². The van der Waals surface area contributed by atoms with Crippen LogP contribution in [0, 0.1) is 13.8 Å². The van der Waals surface area contributed by atoms with Crippen molar-refractivity contribution >= 4 is 11.3 Å². The lowest BCUT2D eigenvalue weighted by molar-refractivity contribution is 0.577. The third-order valence-corrected chi connectivity index (χ3v) is 3.99. The summed E-state index contributed by atoms with van der Waals surface area (Å²) in [6.07, 6.45) is 0. The van der Waals surface area contributed by atoms with Crippen molar-refractivity contribution in [3.63, 3.8) is 0 Å². The van der Waals surface area contributed by atoms with Gasteiger partial charge in [0.1, 0.15) is 0 Å². The van der Waals surface area contributed by atoms with E-state index in [2.05, 4.69) is 41.8 Å². The van der Waals surface area contributed by atoms with Crippen LogP contribution in [0.15, 0.2) is 17.5 Å². The van der Waals surface area contributed by atoms with Crippen molar-refractivity contribution in [2.75, 3.05) is 6.54 Å². The number of hydrogen-bond donors (Lipinski definition) is 1. The fraction of sp³-hybridized carbons (Fsp3) is 0.462. The van der Waals surface area contributed by atoms with Crippen LogP contribution in [0.3, 0.4) is 0 Å². The third kappa shape index (κ3) is 2.42. The van der Waals surface area contributed by atoms with Crippen LogP contribution in [0.1, 0.15) is 34.8 Å². The normalized spacial score (nSPS) is 12.9. The molecular formula is C13H19N3S. The molecule has 2 aromatic rings. The second-order valence-corrected chi connectivity index (χ2v) is 5.24. The van der Waals surface area contributed by atoms with Gasteiger partial charge in [0.15, 0.2) is 0 Å². The van der Waals surface area contributed by atoms with Gasteiger partial charge in [0, 0.05) is 11.9 Å².